The molecule has 0 aliphatic carbocycles. The normalized spacial score (nSPS) is 14.1. The second-order valence-electron chi connectivity index (χ2n) is 13.2. The second-order valence-corrected chi connectivity index (χ2v) is 14.5. The van der Waals surface area contributed by atoms with E-state index in [9.17, 15) is 24.4 Å². The van der Waals surface area contributed by atoms with Crippen molar-refractivity contribution in [2.24, 2.45) is 0 Å². The number of aliphatic hydroxyl groups excluding tert-OH is 2. The summed E-state index contributed by atoms with van der Waals surface area (Å²) in [6, 6.07) is 0. The van der Waals surface area contributed by atoms with Gasteiger partial charge in [0, 0.05) is 12.8 Å². The molecule has 0 aromatic rings. The first-order chi connectivity index (χ1) is 24.1. The molecule has 0 spiro atoms. The van der Waals surface area contributed by atoms with Crippen LogP contribution in [0.2, 0.25) is 0 Å². The molecule has 0 radical (unpaired) electrons. The Balaban J connectivity index is 4.21. The van der Waals surface area contributed by atoms with Crippen LogP contribution in [-0.4, -0.2) is 63.5 Å². The molecule has 10 nitrogen and oxygen atoms in total. The van der Waals surface area contributed by atoms with Crippen molar-refractivity contribution in [1.82, 2.24) is 0 Å². The summed E-state index contributed by atoms with van der Waals surface area (Å²) in [4.78, 5) is 42.8. The monoisotopic (exact) mass is 730 g/mol. The smallest absolute Gasteiger partial charge is 0.462 e. The van der Waals surface area contributed by atoms with Crippen molar-refractivity contribution < 1.29 is 48.2 Å². The maximum atomic E-state index is 12.4. The maximum absolute atomic E-state index is 12.4. The molecule has 0 saturated carbocycles. The van der Waals surface area contributed by atoms with Gasteiger partial charge in [-0.1, -0.05) is 140 Å². The number of carbonyl (C=O) groups is 2. The Labute approximate surface area is 303 Å². The van der Waals surface area contributed by atoms with Crippen LogP contribution in [0.4, 0.5) is 0 Å². The molecular weight excluding hydrogens is 659 g/mol. The molecule has 2 unspecified atom stereocenters. The van der Waals surface area contributed by atoms with E-state index in [4.69, 9.17) is 19.3 Å². The molecular formula is C39H71O10P. The van der Waals surface area contributed by atoms with E-state index in [0.717, 1.165) is 38.5 Å². The molecule has 0 aliphatic rings. The SMILES string of the molecule is CCCCC/C=C\C/C=C\C/C=C\CC(O)C(O)CCCC(=O)OC[C@H](COP(=O)(O)O)OC(=O)CCCCCCCCCCCCCCC. The van der Waals surface area contributed by atoms with E-state index < -0.39 is 51.3 Å². The van der Waals surface area contributed by atoms with Crippen LogP contribution in [0.25, 0.3) is 0 Å². The van der Waals surface area contributed by atoms with Crippen molar-refractivity contribution in [3.05, 3.63) is 36.5 Å². The summed E-state index contributed by atoms with van der Waals surface area (Å²) in [6.07, 6.45) is 31.8. The van der Waals surface area contributed by atoms with Gasteiger partial charge in [-0.2, -0.15) is 0 Å². The predicted molar refractivity (Wildman–Crippen MR) is 200 cm³/mol. The van der Waals surface area contributed by atoms with Gasteiger partial charge in [0.25, 0.3) is 0 Å². The van der Waals surface area contributed by atoms with E-state index in [-0.39, 0.29) is 25.7 Å². The molecule has 0 aromatic carbocycles. The summed E-state index contributed by atoms with van der Waals surface area (Å²) >= 11 is 0. The molecule has 0 aromatic heterocycles. The number of rotatable bonds is 35. The van der Waals surface area contributed by atoms with Gasteiger partial charge in [-0.05, 0) is 51.4 Å². The standard InChI is InChI=1S/C39H71O10P/c1-3-5-7-9-11-13-15-17-19-21-23-25-27-31-39(43)49-35(34-48-50(44,45)46)33-47-38(42)32-28-30-37(41)36(40)29-26-24-22-20-18-16-14-12-10-8-6-4-2/h12,14,18,20,24,26,35-37,40-41H,3-11,13,15-17,19,21-23,25,27-34H2,1-2H3,(H2,44,45,46)/b14-12-,20-18-,26-24-/t35-,36?,37?/m1/s1. The van der Waals surface area contributed by atoms with Gasteiger partial charge in [0.15, 0.2) is 6.10 Å². The Bertz CT molecular complexity index is 945. The van der Waals surface area contributed by atoms with Crippen LogP contribution in [0.15, 0.2) is 36.5 Å². The number of esters is 2. The molecule has 0 bridgehead atoms. The highest BCUT2D eigenvalue weighted by Crippen LogP contribution is 2.36. The first-order valence-corrected chi connectivity index (χ1v) is 21.0. The Morgan fingerprint density at radius 3 is 1.68 bits per heavy atom. The van der Waals surface area contributed by atoms with Crippen molar-refractivity contribution in [3.63, 3.8) is 0 Å². The zero-order valence-corrected chi connectivity index (χ0v) is 32.2. The number of phosphoric acid groups is 1. The molecule has 0 heterocycles. The Kier molecular flexibility index (Phi) is 33.0. The number of allylic oxidation sites excluding steroid dienone is 5. The fraction of sp³-hybridized carbons (Fsp3) is 0.795. The summed E-state index contributed by atoms with van der Waals surface area (Å²) in [7, 11) is -4.82. The van der Waals surface area contributed by atoms with Crippen LogP contribution in [0.5, 0.6) is 0 Å². The van der Waals surface area contributed by atoms with Gasteiger partial charge in [-0.25, -0.2) is 4.57 Å². The van der Waals surface area contributed by atoms with E-state index >= 15 is 0 Å². The number of aliphatic hydroxyl groups is 2. The third-order valence-corrected chi connectivity index (χ3v) is 8.85. The fourth-order valence-corrected chi connectivity index (χ4v) is 5.66. The molecule has 3 atom stereocenters. The topological polar surface area (TPSA) is 160 Å². The van der Waals surface area contributed by atoms with Gasteiger partial charge in [0.2, 0.25) is 0 Å². The maximum Gasteiger partial charge on any atom is 0.469 e. The van der Waals surface area contributed by atoms with E-state index in [0.29, 0.717) is 12.8 Å². The van der Waals surface area contributed by atoms with Gasteiger partial charge in [-0.15, -0.1) is 0 Å². The van der Waals surface area contributed by atoms with Crippen LogP contribution in [0.1, 0.15) is 168 Å². The summed E-state index contributed by atoms with van der Waals surface area (Å²) in [6.45, 7) is 3.39. The van der Waals surface area contributed by atoms with Crippen LogP contribution in [-0.2, 0) is 28.2 Å². The molecule has 0 amide bonds. The lowest BCUT2D eigenvalue weighted by Crippen LogP contribution is -2.29. The minimum absolute atomic E-state index is 0.0452. The van der Waals surface area contributed by atoms with Gasteiger partial charge < -0.3 is 29.5 Å². The van der Waals surface area contributed by atoms with Gasteiger partial charge in [0.05, 0.1) is 18.8 Å². The average Bonchev–Trinajstić information content (AvgIpc) is 3.07. The first kappa shape index (κ1) is 48.2. The van der Waals surface area contributed by atoms with Crippen LogP contribution in [0, 0.1) is 0 Å². The van der Waals surface area contributed by atoms with Gasteiger partial charge in [-0.3, -0.25) is 14.1 Å². The quantitative estimate of drug-likeness (QED) is 0.0214. The first-order valence-electron chi connectivity index (χ1n) is 19.4. The van der Waals surface area contributed by atoms with E-state index in [1.807, 2.05) is 12.2 Å². The highest BCUT2D eigenvalue weighted by molar-refractivity contribution is 7.46. The largest absolute Gasteiger partial charge is 0.469 e. The number of carbonyl (C=O) groups excluding carboxylic acids is 2. The highest BCUT2D eigenvalue weighted by atomic mass is 31.2. The average molecular weight is 731 g/mol. The summed E-state index contributed by atoms with van der Waals surface area (Å²) in [5.74, 6) is -1.17. The lowest BCUT2D eigenvalue weighted by molar-refractivity contribution is -0.161. The molecule has 0 fully saturated rings. The van der Waals surface area contributed by atoms with E-state index in [1.54, 1.807) is 0 Å². The Morgan fingerprint density at radius 2 is 1.10 bits per heavy atom. The summed E-state index contributed by atoms with van der Waals surface area (Å²) in [5, 5.41) is 20.5. The number of unbranched alkanes of at least 4 members (excludes halogenated alkanes) is 15. The third-order valence-electron chi connectivity index (χ3n) is 8.36. The van der Waals surface area contributed by atoms with Crippen LogP contribution in [0.3, 0.4) is 0 Å². The molecule has 11 heteroatoms. The van der Waals surface area contributed by atoms with Crippen molar-refractivity contribution in [3.8, 4) is 0 Å². The predicted octanol–water partition coefficient (Wildman–Crippen LogP) is 9.34. The number of hydrogen-bond acceptors (Lipinski definition) is 8. The molecule has 0 aliphatic heterocycles. The minimum Gasteiger partial charge on any atom is -0.462 e. The van der Waals surface area contributed by atoms with Crippen molar-refractivity contribution in [2.75, 3.05) is 13.2 Å². The Hall–Kier alpha value is -1.81. The number of phosphoric ester groups is 1. The summed E-state index contributed by atoms with van der Waals surface area (Å²) in [5.41, 5.74) is 0. The zero-order chi connectivity index (χ0) is 37.1. The van der Waals surface area contributed by atoms with Gasteiger partial charge >= 0.3 is 19.8 Å². The van der Waals surface area contributed by atoms with Crippen molar-refractivity contribution in [2.45, 2.75) is 186 Å². The number of hydrogen-bond donors (Lipinski definition) is 4. The lowest BCUT2D eigenvalue weighted by Gasteiger charge is -2.19. The molecule has 0 rings (SSSR count). The second kappa shape index (κ2) is 34.3. The minimum atomic E-state index is -4.82. The third kappa shape index (κ3) is 34.6. The molecule has 4 N–H and O–H groups in total. The zero-order valence-electron chi connectivity index (χ0n) is 31.3. The van der Waals surface area contributed by atoms with Crippen molar-refractivity contribution >= 4 is 19.8 Å². The van der Waals surface area contributed by atoms with Crippen molar-refractivity contribution in [1.29, 1.82) is 0 Å². The summed E-state index contributed by atoms with van der Waals surface area (Å²) < 4.78 is 26.1. The number of ether oxygens (including phenoxy) is 2. The molecule has 50 heavy (non-hydrogen) atoms. The van der Waals surface area contributed by atoms with E-state index in [2.05, 4.69) is 42.7 Å². The fourth-order valence-electron chi connectivity index (χ4n) is 5.30. The van der Waals surface area contributed by atoms with Gasteiger partial charge in [0.1, 0.15) is 6.61 Å². The molecule has 292 valence electrons. The Morgan fingerprint density at radius 1 is 0.600 bits per heavy atom. The van der Waals surface area contributed by atoms with Crippen LogP contribution >= 0.6 is 7.82 Å². The molecule has 0 saturated heterocycles. The van der Waals surface area contributed by atoms with Crippen LogP contribution < -0.4 is 0 Å². The highest BCUT2D eigenvalue weighted by Gasteiger charge is 2.23. The lowest BCUT2D eigenvalue weighted by atomic mass is 10.0. The van der Waals surface area contributed by atoms with E-state index in [1.165, 1.54) is 77.0 Å².